The fourth-order valence-electron chi connectivity index (χ4n) is 4.22. The van der Waals surface area contributed by atoms with Gasteiger partial charge in [-0.3, -0.25) is 4.79 Å². The molecule has 0 aliphatic carbocycles. The molecular weight excluding hydrogens is 340 g/mol. The molecule has 1 amide bonds. The van der Waals surface area contributed by atoms with Crippen LogP contribution in [0.15, 0.2) is 30.3 Å². The number of nitrogens with zero attached hydrogens (tertiary/aromatic N) is 1. The number of aromatic nitrogens is 1. The van der Waals surface area contributed by atoms with Crippen molar-refractivity contribution in [2.24, 2.45) is 5.92 Å². The summed E-state index contributed by atoms with van der Waals surface area (Å²) < 4.78 is 12.1. The normalized spacial score (nSPS) is 25.8. The van der Waals surface area contributed by atoms with Crippen LogP contribution in [-0.2, 0) is 14.3 Å². The number of halogens is 1. The Labute approximate surface area is 152 Å². The molecule has 2 fully saturated rings. The van der Waals surface area contributed by atoms with Gasteiger partial charge in [0, 0.05) is 30.1 Å². The maximum absolute atomic E-state index is 12.5. The molecule has 1 aromatic heterocycles. The SMILES string of the molecule is CC[C@H]1CN(C(=O)CCl)[C@H](c2cc3ccccc3[nH]2)CC12OCCO2. The van der Waals surface area contributed by atoms with Crippen LogP contribution in [0.4, 0.5) is 0 Å². The quantitative estimate of drug-likeness (QED) is 0.851. The zero-order valence-corrected chi connectivity index (χ0v) is 15.1. The highest BCUT2D eigenvalue weighted by atomic mass is 35.5. The van der Waals surface area contributed by atoms with Gasteiger partial charge in [0.2, 0.25) is 5.91 Å². The number of alkyl halides is 1. The number of hydrogen-bond acceptors (Lipinski definition) is 3. The highest BCUT2D eigenvalue weighted by molar-refractivity contribution is 6.27. The van der Waals surface area contributed by atoms with Gasteiger partial charge < -0.3 is 19.4 Å². The van der Waals surface area contributed by atoms with Crippen LogP contribution in [0.3, 0.4) is 0 Å². The minimum atomic E-state index is -0.597. The van der Waals surface area contributed by atoms with E-state index in [9.17, 15) is 4.79 Å². The first-order valence-corrected chi connectivity index (χ1v) is 9.41. The Morgan fingerprint density at radius 1 is 1.36 bits per heavy atom. The van der Waals surface area contributed by atoms with Crippen molar-refractivity contribution in [1.82, 2.24) is 9.88 Å². The van der Waals surface area contributed by atoms with E-state index in [0.717, 1.165) is 23.0 Å². The Morgan fingerprint density at radius 2 is 2.12 bits per heavy atom. The highest BCUT2D eigenvalue weighted by Crippen LogP contribution is 2.45. The van der Waals surface area contributed by atoms with E-state index in [-0.39, 0.29) is 23.7 Å². The predicted molar refractivity (Wildman–Crippen MR) is 96.5 cm³/mol. The first-order chi connectivity index (χ1) is 12.2. The van der Waals surface area contributed by atoms with Crippen molar-refractivity contribution in [1.29, 1.82) is 0 Å². The molecular formula is C19H23ClN2O3. The van der Waals surface area contributed by atoms with Crippen LogP contribution in [0.1, 0.15) is 31.5 Å². The Kier molecular flexibility index (Phi) is 4.48. The molecule has 25 heavy (non-hydrogen) atoms. The molecule has 2 aliphatic heterocycles. The fraction of sp³-hybridized carbons (Fsp3) is 0.526. The van der Waals surface area contributed by atoms with Gasteiger partial charge >= 0.3 is 0 Å². The minimum absolute atomic E-state index is 0.0120. The fourth-order valence-corrected chi connectivity index (χ4v) is 4.37. The standard InChI is InChI=1S/C19H23ClN2O3/c1-2-14-12-22(18(23)11-20)17(10-19(14)24-7-8-25-19)16-9-13-5-3-4-6-15(13)21-16/h3-6,9,14,17,21H,2,7-8,10-12H2,1H3/t14-,17-/m0/s1. The van der Waals surface area contributed by atoms with E-state index in [2.05, 4.69) is 24.0 Å². The summed E-state index contributed by atoms with van der Waals surface area (Å²) in [5, 5.41) is 1.13. The molecule has 1 aromatic carbocycles. The van der Waals surface area contributed by atoms with Gasteiger partial charge in [0.25, 0.3) is 0 Å². The van der Waals surface area contributed by atoms with Gasteiger partial charge in [-0.25, -0.2) is 0 Å². The number of aromatic amines is 1. The van der Waals surface area contributed by atoms with Crippen LogP contribution in [0.25, 0.3) is 10.9 Å². The molecule has 2 atom stereocenters. The first-order valence-electron chi connectivity index (χ1n) is 8.88. The summed E-state index contributed by atoms with van der Waals surface area (Å²) in [5.74, 6) is -0.499. The molecule has 2 aliphatic rings. The molecule has 1 N–H and O–H groups in total. The van der Waals surface area contributed by atoms with Crippen molar-refractivity contribution in [2.75, 3.05) is 25.6 Å². The summed E-state index contributed by atoms with van der Waals surface area (Å²) in [4.78, 5) is 17.9. The predicted octanol–water partition coefficient (Wildman–Crippen LogP) is 3.45. The number of ether oxygens (including phenoxy) is 2. The summed E-state index contributed by atoms with van der Waals surface area (Å²) >= 11 is 5.89. The number of hydrogen-bond donors (Lipinski definition) is 1. The number of likely N-dealkylation sites (tertiary alicyclic amines) is 1. The first kappa shape index (κ1) is 16.9. The Bertz CT molecular complexity index is 736. The molecule has 3 heterocycles. The van der Waals surface area contributed by atoms with Crippen LogP contribution in [0.2, 0.25) is 0 Å². The number of fused-ring (bicyclic) bond motifs is 1. The van der Waals surface area contributed by atoms with Gasteiger partial charge in [0.15, 0.2) is 5.79 Å². The molecule has 2 saturated heterocycles. The van der Waals surface area contributed by atoms with Crippen LogP contribution in [0, 0.1) is 5.92 Å². The van der Waals surface area contributed by atoms with Gasteiger partial charge in [0.05, 0.1) is 19.3 Å². The average Bonchev–Trinajstić information content (AvgIpc) is 3.28. The van der Waals surface area contributed by atoms with Crippen molar-refractivity contribution in [2.45, 2.75) is 31.6 Å². The smallest absolute Gasteiger partial charge is 0.238 e. The second-order valence-corrected chi connectivity index (χ2v) is 7.09. The van der Waals surface area contributed by atoms with Crippen LogP contribution >= 0.6 is 11.6 Å². The second kappa shape index (κ2) is 6.63. The van der Waals surface area contributed by atoms with Gasteiger partial charge in [-0.1, -0.05) is 25.1 Å². The molecule has 4 rings (SSSR count). The Morgan fingerprint density at radius 3 is 2.80 bits per heavy atom. The average molecular weight is 363 g/mol. The van der Waals surface area contributed by atoms with E-state index < -0.39 is 5.79 Å². The number of amides is 1. The number of piperidine rings is 1. The summed E-state index contributed by atoms with van der Waals surface area (Å²) in [5.41, 5.74) is 2.07. The second-order valence-electron chi connectivity index (χ2n) is 6.83. The van der Waals surface area contributed by atoms with Crippen molar-refractivity contribution < 1.29 is 14.3 Å². The third kappa shape index (κ3) is 2.84. The van der Waals surface area contributed by atoms with E-state index in [1.165, 1.54) is 0 Å². The third-order valence-electron chi connectivity index (χ3n) is 5.51. The molecule has 134 valence electrons. The topological polar surface area (TPSA) is 54.6 Å². The number of benzene rings is 1. The third-order valence-corrected chi connectivity index (χ3v) is 5.74. The van der Waals surface area contributed by atoms with Crippen LogP contribution in [-0.4, -0.2) is 47.2 Å². The lowest BCUT2D eigenvalue weighted by Gasteiger charge is -2.48. The van der Waals surface area contributed by atoms with E-state index in [1.807, 2.05) is 23.1 Å². The number of carbonyl (C=O) groups excluding carboxylic acids is 1. The largest absolute Gasteiger partial charge is 0.357 e. The molecule has 5 nitrogen and oxygen atoms in total. The van der Waals surface area contributed by atoms with Gasteiger partial charge in [-0.15, -0.1) is 11.6 Å². The Hall–Kier alpha value is -1.56. The number of carbonyl (C=O) groups is 1. The summed E-state index contributed by atoms with van der Waals surface area (Å²) in [7, 11) is 0. The number of rotatable bonds is 3. The molecule has 0 radical (unpaired) electrons. The molecule has 0 saturated carbocycles. The summed E-state index contributed by atoms with van der Waals surface area (Å²) in [6.45, 7) is 3.94. The molecule has 0 unspecified atom stereocenters. The molecule has 2 aromatic rings. The lowest BCUT2D eigenvalue weighted by atomic mass is 9.83. The number of H-pyrrole nitrogens is 1. The van der Waals surface area contributed by atoms with E-state index in [0.29, 0.717) is 26.2 Å². The number of para-hydroxylation sites is 1. The van der Waals surface area contributed by atoms with Crippen molar-refractivity contribution in [3.63, 3.8) is 0 Å². The lowest BCUT2D eigenvalue weighted by Crippen LogP contribution is -2.55. The van der Waals surface area contributed by atoms with Crippen LogP contribution in [0.5, 0.6) is 0 Å². The maximum Gasteiger partial charge on any atom is 0.238 e. The van der Waals surface area contributed by atoms with E-state index >= 15 is 0 Å². The van der Waals surface area contributed by atoms with Gasteiger partial charge in [-0.2, -0.15) is 0 Å². The van der Waals surface area contributed by atoms with Gasteiger partial charge in [-0.05, 0) is 23.9 Å². The van der Waals surface area contributed by atoms with E-state index in [4.69, 9.17) is 21.1 Å². The molecule has 6 heteroatoms. The maximum atomic E-state index is 12.5. The minimum Gasteiger partial charge on any atom is -0.357 e. The Balaban J connectivity index is 1.74. The van der Waals surface area contributed by atoms with Crippen molar-refractivity contribution in [3.8, 4) is 0 Å². The zero-order chi connectivity index (χ0) is 17.4. The summed E-state index contributed by atoms with van der Waals surface area (Å²) in [6.07, 6.45) is 1.52. The molecule has 1 spiro atoms. The zero-order valence-electron chi connectivity index (χ0n) is 14.3. The monoisotopic (exact) mass is 362 g/mol. The summed E-state index contributed by atoms with van der Waals surface area (Å²) in [6, 6.07) is 10.1. The lowest BCUT2D eigenvalue weighted by molar-refractivity contribution is -0.232. The number of nitrogens with one attached hydrogen (secondary N) is 1. The van der Waals surface area contributed by atoms with E-state index in [1.54, 1.807) is 0 Å². The van der Waals surface area contributed by atoms with Crippen molar-refractivity contribution >= 4 is 28.4 Å². The highest BCUT2D eigenvalue weighted by Gasteiger charge is 2.52. The molecule has 0 bridgehead atoms. The van der Waals surface area contributed by atoms with Gasteiger partial charge in [0.1, 0.15) is 5.88 Å². The van der Waals surface area contributed by atoms with Crippen molar-refractivity contribution in [3.05, 3.63) is 36.0 Å². The van der Waals surface area contributed by atoms with Crippen LogP contribution < -0.4 is 0 Å².